The molecule has 1 rings (SSSR count). The summed E-state index contributed by atoms with van der Waals surface area (Å²) in [6.07, 6.45) is 0. The van der Waals surface area contributed by atoms with Crippen molar-refractivity contribution >= 4 is 0 Å². The van der Waals surface area contributed by atoms with Gasteiger partial charge in [0, 0.05) is 0 Å². The highest BCUT2D eigenvalue weighted by atomic mass is 16.5. The van der Waals surface area contributed by atoms with E-state index in [1.54, 1.807) is 12.1 Å². The zero-order valence-electron chi connectivity index (χ0n) is 7.24. The summed E-state index contributed by atoms with van der Waals surface area (Å²) in [5.41, 5.74) is 0.876. The van der Waals surface area contributed by atoms with E-state index in [1.165, 1.54) is 6.07 Å². The van der Waals surface area contributed by atoms with E-state index in [4.69, 9.17) is 15.3 Å². The summed E-state index contributed by atoms with van der Waals surface area (Å²) in [6.45, 7) is 2.36. The number of ether oxygens (including phenoxy) is 1. The SMILES string of the molecule is CCOc1ccc(C#N)cc1C#N. The van der Waals surface area contributed by atoms with Crippen LogP contribution in [0.25, 0.3) is 0 Å². The van der Waals surface area contributed by atoms with Crippen molar-refractivity contribution in [2.45, 2.75) is 6.92 Å². The Bertz CT molecular complexity index is 385. The van der Waals surface area contributed by atoms with E-state index < -0.39 is 0 Å². The molecule has 0 amide bonds. The van der Waals surface area contributed by atoms with Gasteiger partial charge in [-0.05, 0) is 25.1 Å². The first kappa shape index (κ1) is 9.09. The fourth-order valence-electron chi connectivity index (χ4n) is 0.968. The normalized spacial score (nSPS) is 8.54. The van der Waals surface area contributed by atoms with Crippen LogP contribution in [-0.4, -0.2) is 6.61 Å². The maximum absolute atomic E-state index is 8.73. The fourth-order valence-corrected chi connectivity index (χ4v) is 0.968. The lowest BCUT2D eigenvalue weighted by molar-refractivity contribution is 0.339. The Morgan fingerprint density at radius 3 is 2.62 bits per heavy atom. The molecule has 0 aliphatic carbocycles. The first-order chi connectivity index (χ1) is 6.31. The van der Waals surface area contributed by atoms with E-state index in [0.29, 0.717) is 23.5 Å². The maximum atomic E-state index is 8.73. The molecule has 3 nitrogen and oxygen atoms in total. The molecule has 0 heterocycles. The second kappa shape index (κ2) is 4.13. The summed E-state index contributed by atoms with van der Waals surface area (Å²) < 4.78 is 5.20. The van der Waals surface area contributed by atoms with Crippen molar-refractivity contribution in [1.29, 1.82) is 10.5 Å². The standard InChI is InChI=1S/C10H8N2O/c1-2-13-10-4-3-8(6-11)5-9(10)7-12/h3-5H,2H2,1H3. The highest BCUT2D eigenvalue weighted by Crippen LogP contribution is 2.18. The number of hydrogen-bond donors (Lipinski definition) is 0. The lowest BCUT2D eigenvalue weighted by Crippen LogP contribution is -1.94. The van der Waals surface area contributed by atoms with Crippen LogP contribution in [0, 0.1) is 22.7 Å². The Hall–Kier alpha value is -2.00. The van der Waals surface area contributed by atoms with E-state index >= 15 is 0 Å². The molecule has 0 spiro atoms. The second-order valence-corrected chi connectivity index (χ2v) is 2.37. The highest BCUT2D eigenvalue weighted by Gasteiger charge is 2.02. The molecule has 0 aromatic heterocycles. The van der Waals surface area contributed by atoms with Gasteiger partial charge in [-0.25, -0.2) is 0 Å². The van der Waals surface area contributed by atoms with Gasteiger partial charge in [0.2, 0.25) is 0 Å². The average Bonchev–Trinajstić information content (AvgIpc) is 2.19. The first-order valence-electron chi connectivity index (χ1n) is 3.89. The molecule has 0 saturated carbocycles. The molecule has 0 N–H and O–H groups in total. The van der Waals surface area contributed by atoms with Crippen LogP contribution in [0.2, 0.25) is 0 Å². The van der Waals surface area contributed by atoms with Gasteiger partial charge >= 0.3 is 0 Å². The van der Waals surface area contributed by atoms with Crippen LogP contribution in [0.15, 0.2) is 18.2 Å². The molecule has 0 atom stereocenters. The van der Waals surface area contributed by atoms with E-state index in [2.05, 4.69) is 0 Å². The molecule has 64 valence electrons. The molecular weight excluding hydrogens is 164 g/mol. The van der Waals surface area contributed by atoms with E-state index in [0.717, 1.165) is 0 Å². The topological polar surface area (TPSA) is 56.8 Å². The van der Waals surface area contributed by atoms with Crippen molar-refractivity contribution in [3.63, 3.8) is 0 Å². The highest BCUT2D eigenvalue weighted by molar-refractivity contribution is 5.48. The zero-order chi connectivity index (χ0) is 9.68. The molecule has 1 aromatic rings. The Kier molecular flexibility index (Phi) is 2.89. The van der Waals surface area contributed by atoms with Crippen molar-refractivity contribution in [3.8, 4) is 17.9 Å². The molecule has 0 aliphatic heterocycles. The molecule has 0 aliphatic rings. The fraction of sp³-hybridized carbons (Fsp3) is 0.200. The molecule has 1 aromatic carbocycles. The predicted molar refractivity (Wildman–Crippen MR) is 47.0 cm³/mol. The van der Waals surface area contributed by atoms with Gasteiger partial charge in [-0.1, -0.05) is 0 Å². The van der Waals surface area contributed by atoms with Crippen LogP contribution in [0.3, 0.4) is 0 Å². The van der Waals surface area contributed by atoms with Gasteiger partial charge < -0.3 is 4.74 Å². The quantitative estimate of drug-likeness (QED) is 0.683. The van der Waals surface area contributed by atoms with Crippen LogP contribution in [-0.2, 0) is 0 Å². The average molecular weight is 172 g/mol. The summed E-state index contributed by atoms with van der Waals surface area (Å²) in [4.78, 5) is 0. The molecule has 3 heteroatoms. The second-order valence-electron chi connectivity index (χ2n) is 2.37. The van der Waals surface area contributed by atoms with Gasteiger partial charge in [-0.2, -0.15) is 10.5 Å². The van der Waals surface area contributed by atoms with E-state index in [9.17, 15) is 0 Å². The van der Waals surface area contributed by atoms with Gasteiger partial charge in [0.1, 0.15) is 11.8 Å². The van der Waals surface area contributed by atoms with Crippen molar-refractivity contribution < 1.29 is 4.74 Å². The van der Waals surface area contributed by atoms with E-state index in [1.807, 2.05) is 19.1 Å². The van der Waals surface area contributed by atoms with Crippen LogP contribution in [0.5, 0.6) is 5.75 Å². The van der Waals surface area contributed by atoms with Crippen molar-refractivity contribution in [2.24, 2.45) is 0 Å². The van der Waals surface area contributed by atoms with Crippen molar-refractivity contribution in [2.75, 3.05) is 6.61 Å². The summed E-state index contributed by atoms with van der Waals surface area (Å²) in [5, 5.41) is 17.3. The van der Waals surface area contributed by atoms with Crippen molar-refractivity contribution in [3.05, 3.63) is 29.3 Å². The predicted octanol–water partition coefficient (Wildman–Crippen LogP) is 1.83. The summed E-state index contributed by atoms with van der Waals surface area (Å²) in [6, 6.07) is 8.73. The van der Waals surface area contributed by atoms with Gasteiger partial charge in [-0.3, -0.25) is 0 Å². The number of nitrogens with zero attached hydrogens (tertiary/aromatic N) is 2. The van der Waals surface area contributed by atoms with Crippen LogP contribution < -0.4 is 4.74 Å². The molecule has 0 radical (unpaired) electrons. The summed E-state index contributed by atoms with van der Waals surface area (Å²) in [5.74, 6) is 0.531. The van der Waals surface area contributed by atoms with Crippen LogP contribution in [0.4, 0.5) is 0 Å². The first-order valence-corrected chi connectivity index (χ1v) is 3.89. The minimum atomic E-state index is 0.404. The Labute approximate surface area is 76.8 Å². The largest absolute Gasteiger partial charge is 0.492 e. The molecule has 13 heavy (non-hydrogen) atoms. The number of nitriles is 2. The molecule has 0 unspecified atom stereocenters. The third-order valence-electron chi connectivity index (χ3n) is 1.53. The number of benzene rings is 1. The monoisotopic (exact) mass is 172 g/mol. The maximum Gasteiger partial charge on any atom is 0.137 e. The van der Waals surface area contributed by atoms with E-state index in [-0.39, 0.29) is 0 Å². The smallest absolute Gasteiger partial charge is 0.137 e. The Morgan fingerprint density at radius 2 is 2.08 bits per heavy atom. The summed E-state index contributed by atoms with van der Waals surface area (Å²) >= 11 is 0. The van der Waals surface area contributed by atoms with Gasteiger partial charge in [0.15, 0.2) is 0 Å². The zero-order valence-corrected chi connectivity index (χ0v) is 7.24. The third-order valence-corrected chi connectivity index (χ3v) is 1.53. The minimum absolute atomic E-state index is 0.404. The van der Waals surface area contributed by atoms with Gasteiger partial charge in [0.25, 0.3) is 0 Å². The minimum Gasteiger partial charge on any atom is -0.492 e. The summed E-state index contributed by atoms with van der Waals surface area (Å²) in [7, 11) is 0. The Morgan fingerprint density at radius 1 is 1.31 bits per heavy atom. The lowest BCUT2D eigenvalue weighted by Gasteiger charge is -2.03. The number of rotatable bonds is 2. The third kappa shape index (κ3) is 1.98. The number of hydrogen-bond acceptors (Lipinski definition) is 3. The Balaban J connectivity index is 3.12. The lowest BCUT2D eigenvalue weighted by atomic mass is 10.1. The molecular formula is C10H8N2O. The van der Waals surface area contributed by atoms with Crippen LogP contribution in [0.1, 0.15) is 18.1 Å². The van der Waals surface area contributed by atoms with Crippen LogP contribution >= 0.6 is 0 Å². The van der Waals surface area contributed by atoms with Crippen molar-refractivity contribution in [1.82, 2.24) is 0 Å². The molecule has 0 bridgehead atoms. The van der Waals surface area contributed by atoms with Gasteiger partial charge in [0.05, 0.1) is 23.8 Å². The van der Waals surface area contributed by atoms with Gasteiger partial charge in [-0.15, -0.1) is 0 Å². The molecule has 0 fully saturated rings. The molecule has 0 saturated heterocycles.